The van der Waals surface area contributed by atoms with Crippen molar-refractivity contribution < 1.29 is 4.79 Å². The number of carbonyl (C=O) groups excluding carboxylic acids is 1. The van der Waals surface area contributed by atoms with E-state index in [9.17, 15) is 4.79 Å². The second kappa shape index (κ2) is 7.04. The predicted molar refractivity (Wildman–Crippen MR) is 80.8 cm³/mol. The summed E-state index contributed by atoms with van der Waals surface area (Å²) >= 11 is 0. The van der Waals surface area contributed by atoms with Crippen molar-refractivity contribution in [2.45, 2.75) is 31.7 Å². The number of halogens is 1. The van der Waals surface area contributed by atoms with Crippen molar-refractivity contribution >= 4 is 18.3 Å². The second-order valence-corrected chi connectivity index (χ2v) is 5.61. The molecule has 0 radical (unpaired) electrons. The van der Waals surface area contributed by atoms with Crippen LogP contribution in [-0.4, -0.2) is 35.4 Å². The van der Waals surface area contributed by atoms with Gasteiger partial charge in [-0.3, -0.25) is 9.78 Å². The van der Waals surface area contributed by atoms with Crippen molar-refractivity contribution in [1.29, 1.82) is 0 Å². The Morgan fingerprint density at radius 3 is 2.95 bits per heavy atom. The largest absolute Gasteiger partial charge is 0.334 e. The van der Waals surface area contributed by atoms with Gasteiger partial charge in [0.2, 0.25) is 5.91 Å². The Kier molecular flexibility index (Phi) is 5.38. The van der Waals surface area contributed by atoms with Gasteiger partial charge in [0.05, 0.1) is 12.6 Å². The maximum atomic E-state index is 12.3. The van der Waals surface area contributed by atoms with Crippen LogP contribution in [0.25, 0.3) is 0 Å². The molecular weight excluding hydrogens is 274 g/mol. The standard InChI is InChI=1S/C15H21N3O.ClH/c19-15(11-17-9-12-5-6-12)18-8-2-4-14(18)13-3-1-7-16-10-13;/h1,3,7,10,12,14,17H,2,4-6,8-9,11H2;1H. The van der Waals surface area contributed by atoms with Gasteiger partial charge in [0, 0.05) is 18.9 Å². The summed E-state index contributed by atoms with van der Waals surface area (Å²) in [5.41, 5.74) is 1.16. The molecule has 1 saturated carbocycles. The number of likely N-dealkylation sites (tertiary alicyclic amines) is 1. The topological polar surface area (TPSA) is 45.2 Å². The Hall–Kier alpha value is -1.13. The van der Waals surface area contributed by atoms with Crippen LogP contribution in [0.5, 0.6) is 0 Å². The van der Waals surface area contributed by atoms with Gasteiger partial charge in [-0.1, -0.05) is 6.07 Å². The van der Waals surface area contributed by atoms with Gasteiger partial charge in [-0.2, -0.15) is 0 Å². The third-order valence-electron chi connectivity index (χ3n) is 4.05. The fourth-order valence-corrected chi connectivity index (χ4v) is 2.79. The molecule has 3 rings (SSSR count). The van der Waals surface area contributed by atoms with Crippen molar-refractivity contribution in [3.05, 3.63) is 30.1 Å². The molecule has 1 N–H and O–H groups in total. The summed E-state index contributed by atoms with van der Waals surface area (Å²) in [5, 5.41) is 3.29. The molecule has 0 spiro atoms. The molecule has 20 heavy (non-hydrogen) atoms. The molecule has 0 bridgehead atoms. The molecule has 5 heteroatoms. The van der Waals surface area contributed by atoms with Gasteiger partial charge in [-0.05, 0) is 49.8 Å². The molecule has 2 fully saturated rings. The number of carbonyl (C=O) groups is 1. The van der Waals surface area contributed by atoms with E-state index in [4.69, 9.17) is 0 Å². The van der Waals surface area contributed by atoms with Gasteiger partial charge in [0.15, 0.2) is 0 Å². The molecule has 1 amide bonds. The fraction of sp³-hybridized carbons (Fsp3) is 0.600. The first-order valence-corrected chi connectivity index (χ1v) is 7.24. The van der Waals surface area contributed by atoms with Gasteiger partial charge >= 0.3 is 0 Å². The molecule has 2 aliphatic rings. The molecule has 4 nitrogen and oxygen atoms in total. The first-order valence-electron chi connectivity index (χ1n) is 7.24. The van der Waals surface area contributed by atoms with Gasteiger partial charge in [-0.15, -0.1) is 12.4 Å². The van der Waals surface area contributed by atoms with E-state index in [0.717, 1.165) is 37.4 Å². The third-order valence-corrected chi connectivity index (χ3v) is 4.05. The number of nitrogens with one attached hydrogen (secondary N) is 1. The highest BCUT2D eigenvalue weighted by molar-refractivity contribution is 5.85. The zero-order valence-corrected chi connectivity index (χ0v) is 12.4. The minimum absolute atomic E-state index is 0. The Bertz CT molecular complexity index is 436. The van der Waals surface area contributed by atoms with Gasteiger partial charge in [0.25, 0.3) is 0 Å². The zero-order valence-electron chi connectivity index (χ0n) is 11.6. The van der Waals surface area contributed by atoms with Crippen molar-refractivity contribution in [1.82, 2.24) is 15.2 Å². The van der Waals surface area contributed by atoms with Crippen LogP contribution in [0, 0.1) is 5.92 Å². The molecule has 2 heterocycles. The van der Waals surface area contributed by atoms with Gasteiger partial charge in [-0.25, -0.2) is 0 Å². The van der Waals surface area contributed by atoms with E-state index in [-0.39, 0.29) is 24.4 Å². The average Bonchev–Trinajstić information content (AvgIpc) is 3.13. The number of hydrogen-bond acceptors (Lipinski definition) is 3. The van der Waals surface area contributed by atoms with Crippen molar-refractivity contribution in [3.63, 3.8) is 0 Å². The Morgan fingerprint density at radius 1 is 1.40 bits per heavy atom. The summed E-state index contributed by atoms with van der Waals surface area (Å²) in [5.74, 6) is 1.05. The molecule has 1 aromatic heterocycles. The Morgan fingerprint density at radius 2 is 2.25 bits per heavy atom. The number of amides is 1. The quantitative estimate of drug-likeness (QED) is 0.905. The molecule has 1 aliphatic carbocycles. The van der Waals surface area contributed by atoms with Crippen LogP contribution in [0.4, 0.5) is 0 Å². The predicted octanol–water partition coefficient (Wildman–Crippen LogP) is 2.17. The van der Waals surface area contributed by atoms with Crippen LogP contribution in [0.2, 0.25) is 0 Å². The maximum absolute atomic E-state index is 12.3. The number of pyridine rings is 1. The van der Waals surface area contributed by atoms with E-state index >= 15 is 0 Å². The summed E-state index contributed by atoms with van der Waals surface area (Å²) in [7, 11) is 0. The van der Waals surface area contributed by atoms with Crippen molar-refractivity contribution in [2.24, 2.45) is 5.92 Å². The lowest BCUT2D eigenvalue weighted by atomic mass is 10.1. The lowest BCUT2D eigenvalue weighted by Gasteiger charge is -2.25. The molecule has 110 valence electrons. The maximum Gasteiger partial charge on any atom is 0.237 e. The van der Waals surface area contributed by atoms with Crippen molar-refractivity contribution in [3.8, 4) is 0 Å². The summed E-state index contributed by atoms with van der Waals surface area (Å²) in [6.07, 6.45) is 8.45. The molecule has 1 unspecified atom stereocenters. The van der Waals surface area contributed by atoms with Crippen LogP contribution in [-0.2, 0) is 4.79 Å². The Labute approximate surface area is 126 Å². The molecule has 0 aromatic carbocycles. The summed E-state index contributed by atoms with van der Waals surface area (Å²) in [4.78, 5) is 18.4. The molecular formula is C15H22ClN3O. The van der Waals surface area contributed by atoms with Crippen LogP contribution < -0.4 is 5.32 Å². The minimum atomic E-state index is 0. The van der Waals surface area contributed by atoms with Crippen LogP contribution in [0.1, 0.15) is 37.3 Å². The van der Waals surface area contributed by atoms with Gasteiger partial charge < -0.3 is 10.2 Å². The smallest absolute Gasteiger partial charge is 0.237 e. The van der Waals surface area contributed by atoms with E-state index in [1.165, 1.54) is 12.8 Å². The SMILES string of the molecule is Cl.O=C(CNCC1CC1)N1CCCC1c1cccnc1. The number of aromatic nitrogens is 1. The first-order chi connectivity index (χ1) is 9.34. The zero-order chi connectivity index (χ0) is 13.1. The van der Waals surface area contributed by atoms with E-state index in [1.54, 1.807) is 6.20 Å². The summed E-state index contributed by atoms with van der Waals surface area (Å²) in [6, 6.07) is 4.24. The number of nitrogens with zero attached hydrogens (tertiary/aromatic N) is 2. The third kappa shape index (κ3) is 3.70. The summed E-state index contributed by atoms with van der Waals surface area (Å²) in [6.45, 7) is 2.36. The number of hydrogen-bond donors (Lipinski definition) is 1. The van der Waals surface area contributed by atoms with Crippen LogP contribution >= 0.6 is 12.4 Å². The summed E-state index contributed by atoms with van der Waals surface area (Å²) < 4.78 is 0. The fourth-order valence-electron chi connectivity index (χ4n) is 2.79. The number of rotatable bonds is 5. The van der Waals surface area contributed by atoms with E-state index in [1.807, 2.05) is 17.2 Å². The molecule has 1 atom stereocenters. The highest BCUT2D eigenvalue weighted by atomic mass is 35.5. The first kappa shape index (κ1) is 15.3. The van der Waals surface area contributed by atoms with Crippen LogP contribution in [0.3, 0.4) is 0 Å². The van der Waals surface area contributed by atoms with Crippen molar-refractivity contribution in [2.75, 3.05) is 19.6 Å². The monoisotopic (exact) mass is 295 g/mol. The molecule has 1 saturated heterocycles. The normalized spacial score (nSPS) is 21.6. The highest BCUT2D eigenvalue weighted by Crippen LogP contribution is 2.31. The second-order valence-electron chi connectivity index (χ2n) is 5.61. The van der Waals surface area contributed by atoms with Gasteiger partial charge in [0.1, 0.15) is 0 Å². The Balaban J connectivity index is 0.00000147. The van der Waals surface area contributed by atoms with E-state index in [0.29, 0.717) is 6.54 Å². The minimum Gasteiger partial charge on any atom is -0.334 e. The lowest BCUT2D eigenvalue weighted by molar-refractivity contribution is -0.131. The molecule has 1 aromatic rings. The van der Waals surface area contributed by atoms with E-state index in [2.05, 4.69) is 16.4 Å². The van der Waals surface area contributed by atoms with E-state index < -0.39 is 0 Å². The molecule has 1 aliphatic heterocycles. The van der Waals surface area contributed by atoms with Crippen LogP contribution in [0.15, 0.2) is 24.5 Å². The lowest BCUT2D eigenvalue weighted by Crippen LogP contribution is -2.38. The highest BCUT2D eigenvalue weighted by Gasteiger charge is 2.30. The average molecular weight is 296 g/mol.